The van der Waals surface area contributed by atoms with Crippen molar-refractivity contribution in [3.63, 3.8) is 0 Å². The Hall–Kier alpha value is -3.39. The molecule has 8 heteroatoms. The van der Waals surface area contributed by atoms with Crippen molar-refractivity contribution in [1.82, 2.24) is 4.90 Å². The van der Waals surface area contributed by atoms with E-state index in [0.29, 0.717) is 29.9 Å². The molecule has 1 aliphatic heterocycles. The van der Waals surface area contributed by atoms with Crippen LogP contribution in [0.25, 0.3) is 0 Å². The molecule has 0 spiro atoms. The highest BCUT2D eigenvalue weighted by molar-refractivity contribution is 7.92. The van der Waals surface area contributed by atoms with E-state index in [1.54, 1.807) is 24.0 Å². The third-order valence-electron chi connectivity index (χ3n) is 5.88. The van der Waals surface area contributed by atoms with Gasteiger partial charge in [0.2, 0.25) is 21.8 Å². The van der Waals surface area contributed by atoms with Crippen LogP contribution < -0.4 is 10.0 Å². The van der Waals surface area contributed by atoms with E-state index in [1.165, 1.54) is 6.08 Å². The van der Waals surface area contributed by atoms with E-state index in [0.717, 1.165) is 28.5 Å². The van der Waals surface area contributed by atoms with Gasteiger partial charge in [-0.25, -0.2) is 8.42 Å². The number of nitrogens with zero attached hydrogens (tertiary/aromatic N) is 1. The second kappa shape index (κ2) is 10.3. The zero-order valence-corrected chi connectivity index (χ0v) is 21.0. The second-order valence-electron chi connectivity index (χ2n) is 8.59. The number of hydrogen-bond donors (Lipinski definition) is 2. The number of sulfonamides is 1. The largest absolute Gasteiger partial charge is 0.324 e. The number of anilines is 2. The number of carbonyl (C=O) groups is 2. The minimum Gasteiger partial charge on any atom is -0.324 e. The zero-order chi connectivity index (χ0) is 25.0. The van der Waals surface area contributed by atoms with Crippen LogP contribution >= 0.6 is 0 Å². The number of nitrogens with one attached hydrogen (secondary N) is 2. The summed E-state index contributed by atoms with van der Waals surface area (Å²) in [6, 6.07) is 8.92. The van der Waals surface area contributed by atoms with Gasteiger partial charge >= 0.3 is 0 Å². The molecule has 2 amide bonds. The third kappa shape index (κ3) is 5.75. The lowest BCUT2D eigenvalue weighted by molar-refractivity contribution is -0.136. The summed E-state index contributed by atoms with van der Waals surface area (Å²) in [5.41, 5.74) is 5.22. The average Bonchev–Trinajstić information content (AvgIpc) is 2.78. The number of hydrogen-bond acceptors (Lipinski definition) is 4. The standard InChI is InChI=1S/C26H31N3O4S/c1-6-7-8-13-23(30)29-16-21-12-10-9-11-20(21)15-22(29)26(31)27-24-17(2)14-18(3)25(19(24)4)28-34(5,32)33/h6-14,22,28H,15-16H2,1-5H3,(H,27,31)/b7-6+,13-8+/t22-/m0/s1. The molecule has 180 valence electrons. The van der Waals surface area contributed by atoms with Crippen LogP contribution in [0.2, 0.25) is 0 Å². The Labute approximate surface area is 201 Å². The van der Waals surface area contributed by atoms with Crippen LogP contribution in [-0.2, 0) is 32.6 Å². The molecule has 0 saturated heterocycles. The molecule has 0 bridgehead atoms. The molecule has 0 unspecified atom stereocenters. The highest BCUT2D eigenvalue weighted by atomic mass is 32.2. The molecule has 1 atom stereocenters. The topological polar surface area (TPSA) is 95.6 Å². The third-order valence-corrected chi connectivity index (χ3v) is 6.46. The predicted octanol–water partition coefficient (Wildman–Crippen LogP) is 4.01. The van der Waals surface area contributed by atoms with E-state index in [-0.39, 0.29) is 11.8 Å². The number of benzene rings is 2. The number of fused-ring (bicyclic) bond motifs is 1. The zero-order valence-electron chi connectivity index (χ0n) is 20.2. The van der Waals surface area contributed by atoms with E-state index in [2.05, 4.69) is 10.0 Å². The van der Waals surface area contributed by atoms with Crippen molar-refractivity contribution in [1.29, 1.82) is 0 Å². The average molecular weight is 482 g/mol. The van der Waals surface area contributed by atoms with E-state index in [1.807, 2.05) is 57.2 Å². The minimum absolute atomic E-state index is 0.246. The highest BCUT2D eigenvalue weighted by Crippen LogP contribution is 2.32. The molecule has 1 heterocycles. The first kappa shape index (κ1) is 25.2. The molecule has 0 fully saturated rings. The number of aryl methyl sites for hydroxylation is 2. The van der Waals surface area contributed by atoms with Gasteiger partial charge in [0.05, 0.1) is 11.9 Å². The van der Waals surface area contributed by atoms with Gasteiger partial charge in [0.25, 0.3) is 0 Å². The SMILES string of the molecule is C/C=C/C=C/C(=O)N1Cc2ccccc2C[C@H]1C(=O)Nc1c(C)cc(C)c(NS(C)(=O)=O)c1C. The Kier molecular flexibility index (Phi) is 7.61. The van der Waals surface area contributed by atoms with Crippen LogP contribution in [0.15, 0.2) is 54.6 Å². The maximum atomic E-state index is 13.5. The Morgan fingerprint density at radius 3 is 2.32 bits per heavy atom. The summed E-state index contributed by atoms with van der Waals surface area (Å²) in [4.78, 5) is 28.1. The van der Waals surface area contributed by atoms with Gasteiger partial charge in [0.1, 0.15) is 6.04 Å². The summed E-state index contributed by atoms with van der Waals surface area (Å²) in [6.07, 6.45) is 8.20. The molecule has 2 aromatic carbocycles. The second-order valence-corrected chi connectivity index (χ2v) is 10.3. The monoisotopic (exact) mass is 481 g/mol. The van der Waals surface area contributed by atoms with Crippen molar-refractivity contribution in [3.05, 3.63) is 82.5 Å². The number of allylic oxidation sites excluding steroid dienone is 3. The lowest BCUT2D eigenvalue weighted by atomic mass is 9.93. The first-order valence-electron chi connectivity index (χ1n) is 11.1. The van der Waals surface area contributed by atoms with Gasteiger partial charge in [0, 0.05) is 24.7 Å². The van der Waals surface area contributed by atoms with Crippen molar-refractivity contribution < 1.29 is 18.0 Å². The van der Waals surface area contributed by atoms with E-state index in [9.17, 15) is 18.0 Å². The molecule has 7 nitrogen and oxygen atoms in total. The molecule has 2 aromatic rings. The summed E-state index contributed by atoms with van der Waals surface area (Å²) in [6.45, 7) is 7.64. The Morgan fingerprint density at radius 2 is 1.68 bits per heavy atom. The summed E-state index contributed by atoms with van der Waals surface area (Å²) in [5, 5.41) is 2.98. The lowest BCUT2D eigenvalue weighted by Gasteiger charge is -2.35. The van der Waals surface area contributed by atoms with Gasteiger partial charge in [-0.2, -0.15) is 0 Å². The molecule has 0 aromatic heterocycles. The van der Waals surface area contributed by atoms with Crippen molar-refractivity contribution >= 4 is 33.2 Å². The lowest BCUT2D eigenvalue weighted by Crippen LogP contribution is -2.50. The quantitative estimate of drug-likeness (QED) is 0.481. The van der Waals surface area contributed by atoms with Gasteiger partial charge in [0.15, 0.2) is 0 Å². The normalized spacial score (nSPS) is 16.0. The fourth-order valence-corrected chi connectivity index (χ4v) is 4.95. The van der Waals surface area contributed by atoms with E-state index in [4.69, 9.17) is 0 Å². The molecule has 0 radical (unpaired) electrons. The van der Waals surface area contributed by atoms with Crippen molar-refractivity contribution in [2.24, 2.45) is 0 Å². The Bertz CT molecular complexity index is 1280. The van der Waals surface area contributed by atoms with Crippen molar-refractivity contribution in [3.8, 4) is 0 Å². The fourth-order valence-electron chi connectivity index (χ4n) is 4.26. The number of carbonyl (C=O) groups excluding carboxylic acids is 2. The molecule has 0 aliphatic carbocycles. The van der Waals surface area contributed by atoms with Crippen LogP contribution in [0.5, 0.6) is 0 Å². The molecular formula is C26H31N3O4S. The highest BCUT2D eigenvalue weighted by Gasteiger charge is 2.34. The fraction of sp³-hybridized carbons (Fsp3) is 0.308. The smallest absolute Gasteiger partial charge is 0.247 e. The molecule has 0 saturated carbocycles. The first-order chi connectivity index (χ1) is 16.0. The Morgan fingerprint density at radius 1 is 1.03 bits per heavy atom. The molecule has 1 aliphatic rings. The summed E-state index contributed by atoms with van der Waals surface area (Å²) < 4.78 is 26.3. The van der Waals surface area contributed by atoms with Crippen LogP contribution in [0.1, 0.15) is 34.7 Å². The van der Waals surface area contributed by atoms with Crippen molar-refractivity contribution in [2.75, 3.05) is 16.3 Å². The van der Waals surface area contributed by atoms with E-state index >= 15 is 0 Å². The molecular weight excluding hydrogens is 450 g/mol. The van der Waals surface area contributed by atoms with Crippen LogP contribution in [-0.4, -0.2) is 37.4 Å². The molecule has 3 rings (SSSR count). The van der Waals surface area contributed by atoms with Gasteiger partial charge < -0.3 is 10.2 Å². The maximum absolute atomic E-state index is 13.5. The molecule has 34 heavy (non-hydrogen) atoms. The maximum Gasteiger partial charge on any atom is 0.247 e. The van der Waals surface area contributed by atoms with Crippen LogP contribution in [0.3, 0.4) is 0 Å². The predicted molar refractivity (Wildman–Crippen MR) is 136 cm³/mol. The number of rotatable bonds is 6. The van der Waals surface area contributed by atoms with Crippen LogP contribution in [0.4, 0.5) is 11.4 Å². The van der Waals surface area contributed by atoms with Crippen LogP contribution in [0, 0.1) is 20.8 Å². The van der Waals surface area contributed by atoms with E-state index < -0.39 is 16.1 Å². The molecule has 2 N–H and O–H groups in total. The van der Waals surface area contributed by atoms with Gasteiger partial charge in [-0.1, -0.05) is 48.6 Å². The van der Waals surface area contributed by atoms with Gasteiger partial charge in [-0.3, -0.25) is 14.3 Å². The number of amides is 2. The summed E-state index contributed by atoms with van der Waals surface area (Å²) in [5.74, 6) is -0.563. The minimum atomic E-state index is -3.49. The summed E-state index contributed by atoms with van der Waals surface area (Å²) in [7, 11) is -3.49. The van der Waals surface area contributed by atoms with Crippen molar-refractivity contribution in [2.45, 2.75) is 46.7 Å². The summed E-state index contributed by atoms with van der Waals surface area (Å²) >= 11 is 0. The Balaban J connectivity index is 1.97. The van der Waals surface area contributed by atoms with Gasteiger partial charge in [-0.05, 0) is 55.5 Å². The van der Waals surface area contributed by atoms with Gasteiger partial charge in [-0.15, -0.1) is 0 Å². The first-order valence-corrected chi connectivity index (χ1v) is 13.0.